The van der Waals surface area contributed by atoms with Gasteiger partial charge in [-0.05, 0) is 134 Å². The number of furan rings is 1. The van der Waals surface area contributed by atoms with E-state index in [0.717, 1.165) is 28.4 Å². The molecule has 0 fully saturated rings. The fraction of sp³-hybridized carbons (Fsp3) is 0.172. The van der Waals surface area contributed by atoms with Crippen molar-refractivity contribution in [3.8, 4) is 22.3 Å². The van der Waals surface area contributed by atoms with E-state index in [2.05, 4.69) is 202 Å². The highest BCUT2D eigenvalue weighted by atomic mass is 16.3. The molecule has 0 saturated heterocycles. The number of anilines is 5. The monoisotopic (exact) mass is 796 g/mol. The summed E-state index contributed by atoms with van der Waals surface area (Å²) < 4.78 is 6.74. The largest absolute Gasteiger partial charge is 0.456 e. The highest BCUT2D eigenvalue weighted by molar-refractivity contribution is 6.93. The van der Waals surface area contributed by atoms with Crippen LogP contribution in [0.2, 0.25) is 0 Å². The standard InChI is InChI=1S/C58H45BN2O/c1-34-29-41-39-32-40-38-17-8-13-24-52(38)62-53(40)33-50(39)61(35-25-26-44-47(31-35)57(4,5)28-27-56(44,2)3)59-48-22-14-21-46-55(48)60(51(30-34)54(41)59)49-23-12-11-20-45(49)58(46)42-18-9-6-15-36(42)37-16-7-10-19-43(37)58/h6-26,29-33H,27-28H2,1-5H3. The molecule has 1 aromatic heterocycles. The summed E-state index contributed by atoms with van der Waals surface area (Å²) in [6, 6.07) is 60.4. The van der Waals surface area contributed by atoms with Crippen LogP contribution in [-0.2, 0) is 16.2 Å². The molecule has 3 nitrogen and oxygen atoms in total. The molecule has 8 aromatic carbocycles. The topological polar surface area (TPSA) is 19.6 Å². The van der Waals surface area contributed by atoms with Gasteiger partial charge < -0.3 is 14.1 Å². The molecule has 14 rings (SSSR count). The van der Waals surface area contributed by atoms with Gasteiger partial charge in [0, 0.05) is 45.2 Å². The first kappa shape index (κ1) is 34.9. The Morgan fingerprint density at radius 1 is 0.484 bits per heavy atom. The van der Waals surface area contributed by atoms with E-state index < -0.39 is 5.41 Å². The Hall–Kier alpha value is -6.78. The van der Waals surface area contributed by atoms with Crippen molar-refractivity contribution in [1.29, 1.82) is 0 Å². The van der Waals surface area contributed by atoms with Crippen LogP contribution in [0.5, 0.6) is 0 Å². The van der Waals surface area contributed by atoms with Crippen molar-refractivity contribution in [1.82, 2.24) is 0 Å². The van der Waals surface area contributed by atoms with Crippen molar-refractivity contribution in [3.05, 3.63) is 197 Å². The van der Waals surface area contributed by atoms with Crippen molar-refractivity contribution in [2.45, 2.75) is 63.7 Å². The van der Waals surface area contributed by atoms with Gasteiger partial charge in [0.2, 0.25) is 0 Å². The van der Waals surface area contributed by atoms with Crippen LogP contribution in [0.25, 0.3) is 44.2 Å². The Labute approximate surface area is 363 Å². The maximum Gasteiger partial charge on any atom is 0.333 e. The zero-order valence-electron chi connectivity index (χ0n) is 35.8. The molecule has 9 aromatic rings. The van der Waals surface area contributed by atoms with Gasteiger partial charge in [-0.15, -0.1) is 0 Å². The number of hydrogen-bond donors (Lipinski definition) is 0. The highest BCUT2D eigenvalue weighted by Crippen LogP contribution is 2.64. The van der Waals surface area contributed by atoms with Gasteiger partial charge in [-0.25, -0.2) is 0 Å². The Balaban J connectivity index is 1.13. The summed E-state index contributed by atoms with van der Waals surface area (Å²) in [4.78, 5) is 5.34. The molecule has 62 heavy (non-hydrogen) atoms. The number of rotatable bonds is 1. The third kappa shape index (κ3) is 4.14. The molecule has 0 radical (unpaired) electrons. The molecule has 0 bridgehead atoms. The molecule has 0 atom stereocenters. The van der Waals surface area contributed by atoms with Gasteiger partial charge in [-0.2, -0.15) is 0 Å². The normalized spacial score (nSPS) is 17.3. The van der Waals surface area contributed by atoms with Crippen LogP contribution in [0.3, 0.4) is 0 Å². The van der Waals surface area contributed by atoms with Crippen molar-refractivity contribution >= 4 is 68.1 Å². The minimum absolute atomic E-state index is 0.0526. The first-order valence-corrected chi connectivity index (χ1v) is 22.4. The molecule has 2 aliphatic carbocycles. The smallest absolute Gasteiger partial charge is 0.333 e. The molecule has 0 unspecified atom stereocenters. The Bertz CT molecular complexity index is 3430. The molecule has 5 aliphatic rings. The summed E-state index contributed by atoms with van der Waals surface area (Å²) in [5, 5.41) is 2.31. The van der Waals surface area contributed by atoms with Gasteiger partial charge in [0.05, 0.1) is 11.1 Å². The molecular weight excluding hydrogens is 751 g/mol. The van der Waals surface area contributed by atoms with Crippen LogP contribution in [0, 0.1) is 6.92 Å². The SMILES string of the molecule is Cc1cc2c3c(c1)N1c4ccccc4C4(c5ccccc5-c5ccccc54)c4cccc(c41)B3N(c1ccc3c(c1)C(C)(C)CCC3(C)C)c1cc3oc4ccccc4c3cc1-2. The number of fused-ring (bicyclic) bond motifs is 17. The van der Waals surface area contributed by atoms with Crippen LogP contribution >= 0.6 is 0 Å². The number of hydrogen-bond acceptors (Lipinski definition) is 3. The molecule has 3 aliphatic heterocycles. The second-order valence-corrected chi connectivity index (χ2v) is 19.9. The van der Waals surface area contributed by atoms with E-state index in [1.807, 2.05) is 0 Å². The first-order valence-electron chi connectivity index (χ1n) is 22.4. The average molecular weight is 797 g/mol. The van der Waals surface area contributed by atoms with E-state index in [-0.39, 0.29) is 17.7 Å². The summed E-state index contributed by atoms with van der Waals surface area (Å²) in [5.41, 5.74) is 25.2. The minimum Gasteiger partial charge on any atom is -0.456 e. The summed E-state index contributed by atoms with van der Waals surface area (Å²) in [5.74, 6) is 0. The van der Waals surface area contributed by atoms with Gasteiger partial charge in [0.25, 0.3) is 0 Å². The highest BCUT2D eigenvalue weighted by Gasteiger charge is 2.56. The van der Waals surface area contributed by atoms with Crippen LogP contribution in [0.15, 0.2) is 162 Å². The van der Waals surface area contributed by atoms with Gasteiger partial charge in [-0.3, -0.25) is 0 Å². The average Bonchev–Trinajstić information content (AvgIpc) is 3.80. The van der Waals surface area contributed by atoms with Crippen molar-refractivity contribution < 1.29 is 4.42 Å². The van der Waals surface area contributed by atoms with Crippen LogP contribution in [-0.4, -0.2) is 6.85 Å². The maximum absolute atomic E-state index is 6.74. The predicted molar refractivity (Wildman–Crippen MR) is 258 cm³/mol. The van der Waals surface area contributed by atoms with E-state index in [4.69, 9.17) is 4.42 Å². The van der Waals surface area contributed by atoms with Crippen molar-refractivity contribution in [2.24, 2.45) is 0 Å². The van der Waals surface area contributed by atoms with Crippen molar-refractivity contribution in [2.75, 3.05) is 9.71 Å². The van der Waals surface area contributed by atoms with E-state index >= 15 is 0 Å². The molecule has 0 amide bonds. The van der Waals surface area contributed by atoms with E-state index in [1.54, 1.807) is 0 Å². The predicted octanol–water partition coefficient (Wildman–Crippen LogP) is 13.6. The van der Waals surface area contributed by atoms with Crippen LogP contribution < -0.4 is 20.6 Å². The Morgan fingerprint density at radius 2 is 1.16 bits per heavy atom. The quantitative estimate of drug-likeness (QED) is 0.154. The molecule has 4 heteroatoms. The maximum atomic E-state index is 6.74. The van der Waals surface area contributed by atoms with Gasteiger partial charge in [0.1, 0.15) is 11.2 Å². The third-order valence-electron chi connectivity index (χ3n) is 15.7. The summed E-state index contributed by atoms with van der Waals surface area (Å²) >= 11 is 0. The Morgan fingerprint density at radius 3 is 1.95 bits per heavy atom. The molecular formula is C58H45BN2O. The zero-order valence-corrected chi connectivity index (χ0v) is 35.8. The molecule has 0 N–H and O–H groups in total. The number of para-hydroxylation sites is 3. The van der Waals surface area contributed by atoms with Crippen LogP contribution in [0.4, 0.5) is 28.4 Å². The fourth-order valence-electron chi connectivity index (χ4n) is 12.9. The first-order chi connectivity index (χ1) is 30.1. The second kappa shape index (κ2) is 11.6. The lowest BCUT2D eigenvalue weighted by atomic mass is 9.42. The Kier molecular flexibility index (Phi) is 6.51. The molecule has 0 saturated carbocycles. The zero-order chi connectivity index (χ0) is 41.4. The van der Waals surface area contributed by atoms with E-state index in [1.165, 1.54) is 107 Å². The minimum atomic E-state index is -0.491. The summed E-state index contributed by atoms with van der Waals surface area (Å²) in [6.45, 7) is 11.9. The third-order valence-corrected chi connectivity index (χ3v) is 15.7. The molecule has 4 heterocycles. The number of nitrogens with zero attached hydrogens (tertiary/aromatic N) is 2. The van der Waals surface area contributed by atoms with Crippen LogP contribution in [0.1, 0.15) is 79.5 Å². The number of benzene rings is 8. The fourth-order valence-corrected chi connectivity index (χ4v) is 12.9. The van der Waals surface area contributed by atoms with E-state index in [9.17, 15) is 0 Å². The second-order valence-electron chi connectivity index (χ2n) is 19.9. The number of aryl methyl sites for hydroxylation is 1. The summed E-state index contributed by atoms with van der Waals surface area (Å²) in [7, 11) is 0. The molecule has 296 valence electrons. The lowest BCUT2D eigenvalue weighted by Gasteiger charge is -2.51. The van der Waals surface area contributed by atoms with Gasteiger partial charge in [-0.1, -0.05) is 143 Å². The molecule has 1 spiro atoms. The van der Waals surface area contributed by atoms with E-state index in [0.29, 0.717) is 0 Å². The summed E-state index contributed by atoms with van der Waals surface area (Å²) in [6.07, 6.45) is 2.34. The van der Waals surface area contributed by atoms with Gasteiger partial charge >= 0.3 is 6.85 Å². The lowest BCUT2D eigenvalue weighted by molar-refractivity contribution is 0.332. The lowest BCUT2D eigenvalue weighted by Crippen LogP contribution is -2.62. The van der Waals surface area contributed by atoms with Gasteiger partial charge in [0.15, 0.2) is 0 Å². The van der Waals surface area contributed by atoms with Crippen molar-refractivity contribution in [3.63, 3.8) is 0 Å².